The van der Waals surface area contributed by atoms with Crippen molar-refractivity contribution in [1.82, 2.24) is 0 Å². The van der Waals surface area contributed by atoms with Gasteiger partial charge in [0.2, 0.25) is 0 Å². The molecule has 0 radical (unpaired) electrons. The summed E-state index contributed by atoms with van der Waals surface area (Å²) in [7, 11) is 0. The minimum atomic E-state index is -0.941. The van der Waals surface area contributed by atoms with Crippen LogP contribution in [0.5, 0.6) is 0 Å². The zero-order valence-corrected chi connectivity index (χ0v) is 16.6. The number of nitrogens with zero attached hydrogens (tertiary/aromatic N) is 2. The van der Waals surface area contributed by atoms with Crippen molar-refractivity contribution in [3.63, 3.8) is 0 Å². The fourth-order valence-electron chi connectivity index (χ4n) is 3.78. The summed E-state index contributed by atoms with van der Waals surface area (Å²) in [6, 6.07) is 11.4. The molecule has 1 aliphatic heterocycles. The Morgan fingerprint density at radius 1 is 1.19 bits per heavy atom. The van der Waals surface area contributed by atoms with Crippen molar-refractivity contribution in [2.45, 2.75) is 40.2 Å². The normalized spacial score (nSPS) is 15.6. The Labute approximate surface area is 160 Å². The van der Waals surface area contributed by atoms with Gasteiger partial charge in [0.1, 0.15) is 0 Å². The van der Waals surface area contributed by atoms with Gasteiger partial charge in [-0.15, -0.1) is 0 Å². The number of rotatable bonds is 4. The Bertz CT molecular complexity index is 955. The Morgan fingerprint density at radius 3 is 2.59 bits per heavy atom. The average molecular weight is 362 g/mol. The highest BCUT2D eigenvalue weighted by Gasteiger charge is 2.29. The van der Waals surface area contributed by atoms with E-state index in [9.17, 15) is 9.90 Å². The molecule has 0 aromatic heterocycles. The summed E-state index contributed by atoms with van der Waals surface area (Å²) >= 11 is 0. The van der Waals surface area contributed by atoms with Gasteiger partial charge < -0.3 is 10.0 Å². The second-order valence-corrected chi connectivity index (χ2v) is 7.57. The first kappa shape index (κ1) is 18.9. The van der Waals surface area contributed by atoms with Crippen LogP contribution in [0.4, 0.5) is 11.4 Å². The minimum Gasteiger partial charge on any atom is -0.478 e. The molecule has 3 rings (SSSR count). The molecular weight excluding hydrogens is 336 g/mol. The van der Waals surface area contributed by atoms with Crippen LogP contribution in [0.2, 0.25) is 0 Å². The fourth-order valence-corrected chi connectivity index (χ4v) is 3.78. The third-order valence-electron chi connectivity index (χ3n) is 5.13. The molecule has 0 aliphatic carbocycles. The molecular formula is C23H26N2O2. The number of aromatic carboxylic acids is 1. The van der Waals surface area contributed by atoms with Crippen LogP contribution in [0.3, 0.4) is 0 Å². The molecule has 0 unspecified atom stereocenters. The second-order valence-electron chi connectivity index (χ2n) is 7.57. The lowest BCUT2D eigenvalue weighted by atomic mass is 9.88. The Hall–Kier alpha value is -2.88. The molecule has 0 spiro atoms. The third kappa shape index (κ3) is 3.65. The van der Waals surface area contributed by atoms with Crippen LogP contribution in [0.15, 0.2) is 47.5 Å². The van der Waals surface area contributed by atoms with Crippen LogP contribution in [0, 0.1) is 6.92 Å². The molecule has 4 nitrogen and oxygen atoms in total. The fraction of sp³-hybridized carbons (Fsp3) is 0.304. The van der Waals surface area contributed by atoms with Crippen molar-refractivity contribution in [3.8, 4) is 0 Å². The molecule has 0 saturated carbocycles. The quantitative estimate of drug-likeness (QED) is 0.734. The number of carbonyl (C=O) groups is 1. The highest BCUT2D eigenvalue weighted by atomic mass is 16.4. The van der Waals surface area contributed by atoms with E-state index in [1.165, 1.54) is 16.8 Å². The van der Waals surface area contributed by atoms with Crippen molar-refractivity contribution >= 4 is 29.1 Å². The van der Waals surface area contributed by atoms with Gasteiger partial charge in [0.25, 0.3) is 0 Å². The number of fused-ring (bicyclic) bond motifs is 1. The van der Waals surface area contributed by atoms with E-state index in [0.717, 1.165) is 17.7 Å². The topological polar surface area (TPSA) is 52.9 Å². The number of likely N-dealkylation sites (N-methyl/N-ethyl adjacent to an activating group) is 1. The van der Waals surface area contributed by atoms with Crippen molar-refractivity contribution in [2.75, 3.05) is 11.4 Å². The molecule has 1 aliphatic rings. The SMILES string of the molecule is CCN1c2ccc(C=Nc3cc(C(=O)O)ccc3C)cc2C(C)=CC1(C)C. The van der Waals surface area contributed by atoms with Crippen molar-refractivity contribution in [3.05, 3.63) is 64.7 Å². The molecule has 0 atom stereocenters. The van der Waals surface area contributed by atoms with Crippen molar-refractivity contribution < 1.29 is 9.90 Å². The van der Waals surface area contributed by atoms with Crippen molar-refractivity contribution in [1.29, 1.82) is 0 Å². The van der Waals surface area contributed by atoms with Gasteiger partial charge in [0, 0.05) is 24.0 Å². The molecule has 4 heteroatoms. The first-order valence-corrected chi connectivity index (χ1v) is 9.22. The predicted molar refractivity (Wildman–Crippen MR) is 113 cm³/mol. The van der Waals surface area contributed by atoms with E-state index in [-0.39, 0.29) is 11.1 Å². The van der Waals surface area contributed by atoms with Gasteiger partial charge in [0.05, 0.1) is 16.8 Å². The third-order valence-corrected chi connectivity index (χ3v) is 5.13. The van der Waals surface area contributed by atoms with E-state index in [2.05, 4.69) is 61.9 Å². The minimum absolute atomic E-state index is 0.00414. The Kier molecular flexibility index (Phi) is 4.92. The summed E-state index contributed by atoms with van der Waals surface area (Å²) in [4.78, 5) is 18.1. The maximum absolute atomic E-state index is 11.2. The number of hydrogen-bond donors (Lipinski definition) is 1. The zero-order valence-electron chi connectivity index (χ0n) is 16.6. The molecule has 1 N–H and O–H groups in total. The predicted octanol–water partition coefficient (Wildman–Crippen LogP) is 5.47. The monoisotopic (exact) mass is 362 g/mol. The average Bonchev–Trinajstić information content (AvgIpc) is 2.60. The summed E-state index contributed by atoms with van der Waals surface area (Å²) in [6.07, 6.45) is 4.11. The number of anilines is 1. The summed E-state index contributed by atoms with van der Waals surface area (Å²) in [5.41, 5.74) is 6.59. The first-order chi connectivity index (χ1) is 12.7. The number of carboxylic acids is 1. The zero-order chi connectivity index (χ0) is 19.8. The van der Waals surface area contributed by atoms with Crippen LogP contribution < -0.4 is 4.90 Å². The molecule has 0 bridgehead atoms. The lowest BCUT2D eigenvalue weighted by Gasteiger charge is -2.42. The molecule has 0 amide bonds. The van der Waals surface area contributed by atoms with Crippen LogP contribution in [-0.4, -0.2) is 29.4 Å². The standard InChI is InChI=1S/C23H26N2O2/c1-6-25-21-10-8-17(11-19(21)16(3)13-23(25,4)5)14-24-20-12-18(22(26)27)9-7-15(20)2/h7-14H,6H2,1-5H3,(H,26,27). The van der Waals surface area contributed by atoms with E-state index in [1.54, 1.807) is 24.4 Å². The van der Waals surface area contributed by atoms with E-state index in [0.29, 0.717) is 5.69 Å². The van der Waals surface area contributed by atoms with Crippen LogP contribution in [0.25, 0.3) is 5.57 Å². The van der Waals surface area contributed by atoms with Crippen molar-refractivity contribution in [2.24, 2.45) is 4.99 Å². The summed E-state index contributed by atoms with van der Waals surface area (Å²) < 4.78 is 0. The lowest BCUT2D eigenvalue weighted by molar-refractivity contribution is 0.0697. The Morgan fingerprint density at radius 2 is 1.93 bits per heavy atom. The van der Waals surface area contributed by atoms with Gasteiger partial charge in [-0.05, 0) is 75.6 Å². The van der Waals surface area contributed by atoms with Crippen LogP contribution in [0.1, 0.15) is 54.7 Å². The van der Waals surface area contributed by atoms with Gasteiger partial charge in [-0.3, -0.25) is 4.99 Å². The molecule has 27 heavy (non-hydrogen) atoms. The number of aryl methyl sites for hydroxylation is 1. The van der Waals surface area contributed by atoms with Gasteiger partial charge in [0.15, 0.2) is 0 Å². The highest BCUT2D eigenvalue weighted by molar-refractivity contribution is 5.91. The number of benzene rings is 2. The number of aliphatic imine (C=N–C) groups is 1. The summed E-state index contributed by atoms with van der Waals surface area (Å²) in [5, 5.41) is 9.17. The molecule has 0 saturated heterocycles. The van der Waals surface area contributed by atoms with Gasteiger partial charge in [-0.2, -0.15) is 0 Å². The van der Waals surface area contributed by atoms with E-state index in [1.807, 2.05) is 6.92 Å². The molecule has 0 fully saturated rings. The molecule has 2 aromatic carbocycles. The van der Waals surface area contributed by atoms with Crippen LogP contribution in [-0.2, 0) is 0 Å². The van der Waals surface area contributed by atoms with E-state index in [4.69, 9.17) is 0 Å². The highest BCUT2D eigenvalue weighted by Crippen LogP contribution is 2.38. The number of allylic oxidation sites excluding steroid dienone is 1. The van der Waals surface area contributed by atoms with E-state index >= 15 is 0 Å². The maximum Gasteiger partial charge on any atom is 0.335 e. The van der Waals surface area contributed by atoms with Gasteiger partial charge in [-0.1, -0.05) is 18.2 Å². The summed E-state index contributed by atoms with van der Waals surface area (Å²) in [6.45, 7) is 11.7. The number of carboxylic acid groups (broad SMARTS) is 1. The molecule has 1 heterocycles. The smallest absolute Gasteiger partial charge is 0.335 e. The molecule has 2 aromatic rings. The lowest BCUT2D eigenvalue weighted by Crippen LogP contribution is -2.44. The number of hydrogen-bond acceptors (Lipinski definition) is 3. The van der Waals surface area contributed by atoms with Crippen LogP contribution >= 0.6 is 0 Å². The largest absolute Gasteiger partial charge is 0.478 e. The van der Waals surface area contributed by atoms with E-state index < -0.39 is 5.97 Å². The van der Waals surface area contributed by atoms with Gasteiger partial charge in [-0.25, -0.2) is 4.79 Å². The maximum atomic E-state index is 11.2. The van der Waals surface area contributed by atoms with Gasteiger partial charge >= 0.3 is 5.97 Å². The second kappa shape index (κ2) is 7.03. The Balaban J connectivity index is 1.97. The first-order valence-electron chi connectivity index (χ1n) is 9.22. The summed E-state index contributed by atoms with van der Waals surface area (Å²) in [5.74, 6) is -0.941. The molecule has 140 valence electrons.